The molecule has 1 unspecified atom stereocenters. The lowest BCUT2D eigenvalue weighted by Gasteiger charge is -2.26. The highest BCUT2D eigenvalue weighted by Gasteiger charge is 2.23. The average Bonchev–Trinajstić information content (AvgIpc) is 2.96. The summed E-state index contributed by atoms with van der Waals surface area (Å²) >= 11 is 0. The standard InChI is InChI=1S/C30H29F3N4O4/c31-30(32,33)12-11-26(38)34-18-25(27-28(39)29(40)36-20-35-27)17-23-7-3-21(4-8-23)1-2-22-5-9-24(10-6-22)19-37-13-15-41-16-14-37/h3-12,20,25,39H,13-19H2,(H,34,38)(H,35,36,40)/b12-11+. The number of hydrogen-bond acceptors (Lipinski definition) is 6. The molecular weight excluding hydrogens is 537 g/mol. The Morgan fingerprint density at radius 1 is 1.07 bits per heavy atom. The normalized spacial score (nSPS) is 14.8. The third-order valence-electron chi connectivity index (χ3n) is 6.44. The smallest absolute Gasteiger partial charge is 0.409 e. The van der Waals surface area contributed by atoms with Crippen molar-refractivity contribution in [2.24, 2.45) is 0 Å². The molecule has 1 aromatic heterocycles. The molecule has 0 spiro atoms. The number of carbonyl (C=O) groups excluding carboxylic acids is 1. The lowest BCUT2D eigenvalue weighted by Crippen LogP contribution is -2.35. The van der Waals surface area contributed by atoms with Crippen LogP contribution in [0.5, 0.6) is 5.75 Å². The number of allylic oxidation sites excluding steroid dienone is 1. The molecule has 1 saturated heterocycles. The maximum absolute atomic E-state index is 12.4. The topological polar surface area (TPSA) is 108 Å². The SMILES string of the molecule is O=C(/C=C/C(F)(F)F)NCC(Cc1ccc(C#Cc2ccc(CN3CCOCC3)cc2)cc1)c1nc[nH]c(=O)c1O. The van der Waals surface area contributed by atoms with Crippen molar-refractivity contribution in [3.8, 4) is 17.6 Å². The fraction of sp³-hybridized carbons (Fsp3) is 0.300. The van der Waals surface area contributed by atoms with Gasteiger partial charge in [0.2, 0.25) is 11.7 Å². The molecule has 0 aliphatic carbocycles. The molecule has 1 aliphatic heterocycles. The van der Waals surface area contributed by atoms with Crippen molar-refractivity contribution in [2.45, 2.75) is 25.1 Å². The van der Waals surface area contributed by atoms with Crippen LogP contribution in [0.4, 0.5) is 13.2 Å². The summed E-state index contributed by atoms with van der Waals surface area (Å²) in [5.74, 6) is 4.01. The Morgan fingerprint density at radius 3 is 2.29 bits per heavy atom. The van der Waals surface area contributed by atoms with E-state index < -0.39 is 29.3 Å². The van der Waals surface area contributed by atoms with Crippen molar-refractivity contribution in [3.63, 3.8) is 0 Å². The predicted molar refractivity (Wildman–Crippen MR) is 146 cm³/mol. The molecule has 0 radical (unpaired) electrons. The van der Waals surface area contributed by atoms with Gasteiger partial charge in [-0.05, 0) is 41.8 Å². The van der Waals surface area contributed by atoms with Crippen LogP contribution in [0.1, 0.15) is 33.9 Å². The van der Waals surface area contributed by atoms with E-state index in [2.05, 4.69) is 44.2 Å². The number of aromatic nitrogens is 2. The first-order valence-electron chi connectivity index (χ1n) is 13.0. The molecule has 2 heterocycles. The maximum atomic E-state index is 12.4. The number of nitrogens with zero attached hydrogens (tertiary/aromatic N) is 2. The summed E-state index contributed by atoms with van der Waals surface area (Å²) in [4.78, 5) is 32.4. The fourth-order valence-electron chi connectivity index (χ4n) is 4.29. The number of morpholine rings is 1. The van der Waals surface area contributed by atoms with Crippen molar-refractivity contribution in [3.05, 3.63) is 105 Å². The van der Waals surface area contributed by atoms with Gasteiger partial charge in [0, 0.05) is 55.4 Å². The molecule has 8 nitrogen and oxygen atoms in total. The first-order chi connectivity index (χ1) is 19.7. The Labute approximate surface area is 234 Å². The summed E-state index contributed by atoms with van der Waals surface area (Å²) in [6.45, 7) is 4.08. The number of hydrogen-bond donors (Lipinski definition) is 3. The molecule has 2 aromatic carbocycles. The van der Waals surface area contributed by atoms with Crippen molar-refractivity contribution in [1.82, 2.24) is 20.2 Å². The summed E-state index contributed by atoms with van der Waals surface area (Å²) in [6, 6.07) is 15.4. The van der Waals surface area contributed by atoms with Crippen LogP contribution in [-0.4, -0.2) is 64.9 Å². The zero-order valence-electron chi connectivity index (χ0n) is 22.1. The number of ether oxygens (including phenoxy) is 1. The fourth-order valence-corrected chi connectivity index (χ4v) is 4.29. The minimum atomic E-state index is -4.62. The number of benzene rings is 2. The molecule has 1 amide bonds. The van der Waals surface area contributed by atoms with Crippen molar-refractivity contribution in [2.75, 3.05) is 32.8 Å². The van der Waals surface area contributed by atoms with Crippen molar-refractivity contribution >= 4 is 5.91 Å². The number of carbonyl (C=O) groups is 1. The lowest BCUT2D eigenvalue weighted by atomic mass is 9.94. The number of halogens is 3. The number of aromatic hydroxyl groups is 1. The number of nitrogens with one attached hydrogen (secondary N) is 2. The first kappa shape index (κ1) is 29.6. The van der Waals surface area contributed by atoms with Crippen LogP contribution in [0, 0.1) is 11.8 Å². The number of rotatable bonds is 8. The molecule has 41 heavy (non-hydrogen) atoms. The van der Waals surface area contributed by atoms with E-state index >= 15 is 0 Å². The highest BCUT2D eigenvalue weighted by Crippen LogP contribution is 2.24. The Bertz CT molecular complexity index is 1470. The van der Waals surface area contributed by atoms with Crippen LogP contribution in [0.15, 0.2) is 71.8 Å². The Hall–Kier alpha value is -4.40. The second-order valence-corrected chi connectivity index (χ2v) is 9.52. The predicted octanol–water partition coefficient (Wildman–Crippen LogP) is 3.27. The number of alkyl halides is 3. The van der Waals surface area contributed by atoms with Gasteiger partial charge in [-0.1, -0.05) is 36.1 Å². The van der Waals surface area contributed by atoms with Crippen LogP contribution in [0.3, 0.4) is 0 Å². The summed E-state index contributed by atoms with van der Waals surface area (Å²) in [5.41, 5.74) is 2.91. The van der Waals surface area contributed by atoms with Gasteiger partial charge in [-0.15, -0.1) is 0 Å². The monoisotopic (exact) mass is 566 g/mol. The molecule has 214 valence electrons. The molecular formula is C30H29F3N4O4. The van der Waals surface area contributed by atoms with Gasteiger partial charge >= 0.3 is 6.18 Å². The molecule has 3 aromatic rings. The first-order valence-corrected chi connectivity index (χ1v) is 13.0. The summed E-state index contributed by atoms with van der Waals surface area (Å²) in [5, 5.41) is 12.6. The highest BCUT2D eigenvalue weighted by molar-refractivity contribution is 5.87. The van der Waals surface area contributed by atoms with Gasteiger partial charge in [0.15, 0.2) is 0 Å². The van der Waals surface area contributed by atoms with Gasteiger partial charge in [0.1, 0.15) is 0 Å². The van der Waals surface area contributed by atoms with Gasteiger partial charge in [0.25, 0.3) is 5.56 Å². The average molecular weight is 567 g/mol. The number of amides is 1. The molecule has 1 aliphatic rings. The molecule has 11 heteroatoms. The van der Waals surface area contributed by atoms with E-state index in [0.717, 1.165) is 55.9 Å². The van der Waals surface area contributed by atoms with E-state index in [1.165, 1.54) is 5.56 Å². The quantitative estimate of drug-likeness (QED) is 0.286. The van der Waals surface area contributed by atoms with E-state index in [9.17, 15) is 27.9 Å². The van der Waals surface area contributed by atoms with E-state index in [1.54, 1.807) is 0 Å². The summed E-state index contributed by atoms with van der Waals surface area (Å²) in [6.07, 6.45) is -3.05. The summed E-state index contributed by atoms with van der Waals surface area (Å²) < 4.78 is 42.5. The second-order valence-electron chi connectivity index (χ2n) is 9.52. The van der Waals surface area contributed by atoms with E-state index in [-0.39, 0.29) is 24.7 Å². The largest absolute Gasteiger partial charge is 0.502 e. The van der Waals surface area contributed by atoms with Crippen molar-refractivity contribution < 1.29 is 27.8 Å². The highest BCUT2D eigenvalue weighted by atomic mass is 19.4. The molecule has 1 fully saturated rings. The van der Waals surface area contributed by atoms with Gasteiger partial charge in [-0.25, -0.2) is 4.98 Å². The number of aromatic amines is 1. The van der Waals surface area contributed by atoms with E-state index in [4.69, 9.17) is 4.74 Å². The van der Waals surface area contributed by atoms with Crippen LogP contribution in [0.2, 0.25) is 0 Å². The molecule has 0 bridgehead atoms. The van der Waals surface area contributed by atoms with Gasteiger partial charge in [-0.3, -0.25) is 14.5 Å². The van der Waals surface area contributed by atoms with E-state index in [1.807, 2.05) is 36.4 Å². The number of H-pyrrole nitrogens is 1. The zero-order chi connectivity index (χ0) is 29.2. The summed E-state index contributed by atoms with van der Waals surface area (Å²) in [7, 11) is 0. The Balaban J connectivity index is 1.41. The zero-order valence-corrected chi connectivity index (χ0v) is 22.1. The second kappa shape index (κ2) is 13.8. The molecule has 3 N–H and O–H groups in total. The minimum Gasteiger partial charge on any atom is -0.502 e. The van der Waals surface area contributed by atoms with Crippen LogP contribution < -0.4 is 10.9 Å². The Kier molecular flexibility index (Phi) is 9.95. The third kappa shape index (κ3) is 9.34. The minimum absolute atomic E-state index is 0.0230. The molecule has 0 saturated carbocycles. The van der Waals surface area contributed by atoms with Crippen LogP contribution >= 0.6 is 0 Å². The Morgan fingerprint density at radius 2 is 1.68 bits per heavy atom. The van der Waals surface area contributed by atoms with Gasteiger partial charge in [-0.2, -0.15) is 13.2 Å². The van der Waals surface area contributed by atoms with Crippen LogP contribution in [-0.2, 0) is 22.5 Å². The lowest BCUT2D eigenvalue weighted by molar-refractivity contribution is -0.117. The van der Waals surface area contributed by atoms with Crippen LogP contribution in [0.25, 0.3) is 0 Å². The third-order valence-corrected chi connectivity index (χ3v) is 6.44. The maximum Gasteiger partial charge on any atom is 0.409 e. The van der Waals surface area contributed by atoms with Gasteiger partial charge in [0.05, 0.1) is 25.2 Å². The molecule has 1 atom stereocenters. The van der Waals surface area contributed by atoms with E-state index in [0.29, 0.717) is 6.08 Å². The van der Waals surface area contributed by atoms with Crippen molar-refractivity contribution in [1.29, 1.82) is 0 Å². The van der Waals surface area contributed by atoms with Gasteiger partial charge < -0.3 is 20.1 Å². The molecule has 4 rings (SSSR count).